The predicted octanol–water partition coefficient (Wildman–Crippen LogP) is 2.18. The Kier molecular flexibility index (Phi) is 7.96. The average molecular weight is 391 g/mol. The normalized spacial score (nSPS) is 14.8. The summed E-state index contributed by atoms with van der Waals surface area (Å²) < 4.78 is 12.9. The van der Waals surface area contributed by atoms with Crippen LogP contribution in [-0.2, 0) is 20.9 Å². The van der Waals surface area contributed by atoms with Crippen molar-refractivity contribution in [3.8, 4) is 0 Å². The van der Waals surface area contributed by atoms with Crippen LogP contribution in [0.4, 0.5) is 4.39 Å². The number of likely N-dealkylation sites (tertiary alicyclic amines) is 1. The maximum absolute atomic E-state index is 12.9. The topological polar surface area (TPSA) is 69.7 Å². The Balaban J connectivity index is 1.81. The highest BCUT2D eigenvalue weighted by Crippen LogP contribution is 2.21. The van der Waals surface area contributed by atoms with Gasteiger partial charge in [-0.2, -0.15) is 0 Å². The molecular weight excluding hydrogens is 361 g/mol. The lowest BCUT2D eigenvalue weighted by Gasteiger charge is -2.34. The zero-order valence-corrected chi connectivity index (χ0v) is 16.9. The van der Waals surface area contributed by atoms with Gasteiger partial charge in [0.1, 0.15) is 5.82 Å². The molecule has 7 heteroatoms. The summed E-state index contributed by atoms with van der Waals surface area (Å²) in [5, 5.41) is 2.77. The van der Waals surface area contributed by atoms with Crippen molar-refractivity contribution >= 4 is 17.7 Å². The van der Waals surface area contributed by atoms with Crippen LogP contribution in [0.2, 0.25) is 0 Å². The quantitative estimate of drug-likeness (QED) is 0.775. The van der Waals surface area contributed by atoms with Crippen LogP contribution in [0.25, 0.3) is 0 Å². The third kappa shape index (κ3) is 6.04. The second-order valence-corrected chi connectivity index (χ2v) is 7.51. The van der Waals surface area contributed by atoms with Crippen molar-refractivity contribution in [2.24, 2.45) is 11.8 Å². The highest BCUT2D eigenvalue weighted by atomic mass is 19.1. The number of likely N-dealkylation sites (N-methyl/N-ethyl adjacent to an activating group) is 1. The summed E-state index contributed by atoms with van der Waals surface area (Å²) in [7, 11) is 0. The number of hydrogen-bond acceptors (Lipinski definition) is 3. The number of carbonyl (C=O) groups excluding carboxylic acids is 3. The molecule has 0 atom stereocenters. The van der Waals surface area contributed by atoms with Gasteiger partial charge in [0, 0.05) is 38.0 Å². The summed E-state index contributed by atoms with van der Waals surface area (Å²) in [5.74, 6) is -0.661. The molecule has 1 N–H and O–H groups in total. The summed E-state index contributed by atoms with van der Waals surface area (Å²) >= 11 is 0. The molecule has 1 aromatic rings. The standard InChI is InChI=1S/C21H30FN3O3/c1-4-24(14-19(26)23-13-16-5-7-18(22)8-6-16)21(28)17-9-11-25(12-10-17)20(27)15(2)3/h5-8,15,17H,4,9-14H2,1-3H3,(H,23,26). The first-order chi connectivity index (χ1) is 13.3. The molecule has 1 fully saturated rings. The SMILES string of the molecule is CCN(CC(=O)NCc1ccc(F)cc1)C(=O)C1CCN(C(=O)C(C)C)CC1. The van der Waals surface area contributed by atoms with E-state index in [1.165, 1.54) is 12.1 Å². The second kappa shape index (κ2) is 10.2. The number of rotatable bonds is 7. The summed E-state index contributed by atoms with van der Waals surface area (Å²) in [4.78, 5) is 40.5. The Morgan fingerprint density at radius 1 is 1.18 bits per heavy atom. The van der Waals surface area contributed by atoms with Crippen LogP contribution in [-0.4, -0.2) is 53.7 Å². The molecule has 6 nitrogen and oxygen atoms in total. The van der Waals surface area contributed by atoms with Crippen molar-refractivity contribution in [1.29, 1.82) is 0 Å². The molecule has 0 spiro atoms. The van der Waals surface area contributed by atoms with Gasteiger partial charge in [0.15, 0.2) is 0 Å². The number of amides is 3. The van der Waals surface area contributed by atoms with Crippen molar-refractivity contribution in [3.05, 3.63) is 35.6 Å². The molecule has 1 heterocycles. The van der Waals surface area contributed by atoms with Gasteiger partial charge in [-0.05, 0) is 37.5 Å². The number of carbonyl (C=O) groups is 3. The maximum atomic E-state index is 12.9. The molecule has 3 amide bonds. The van der Waals surface area contributed by atoms with E-state index in [9.17, 15) is 18.8 Å². The van der Waals surface area contributed by atoms with Crippen molar-refractivity contribution in [2.75, 3.05) is 26.2 Å². The van der Waals surface area contributed by atoms with Gasteiger partial charge in [0.05, 0.1) is 6.54 Å². The minimum Gasteiger partial charge on any atom is -0.350 e. The van der Waals surface area contributed by atoms with E-state index in [0.29, 0.717) is 39.0 Å². The van der Waals surface area contributed by atoms with Crippen LogP contribution in [0.1, 0.15) is 39.2 Å². The zero-order valence-electron chi connectivity index (χ0n) is 16.9. The fourth-order valence-electron chi connectivity index (χ4n) is 3.35. The number of benzene rings is 1. The van der Waals surface area contributed by atoms with Crippen LogP contribution in [0, 0.1) is 17.7 Å². The lowest BCUT2D eigenvalue weighted by Crippen LogP contribution is -2.47. The third-order valence-corrected chi connectivity index (χ3v) is 5.08. The predicted molar refractivity (Wildman–Crippen MR) is 105 cm³/mol. The van der Waals surface area contributed by atoms with Crippen molar-refractivity contribution in [2.45, 2.75) is 40.2 Å². The highest BCUT2D eigenvalue weighted by molar-refractivity contribution is 5.86. The molecule has 0 aromatic heterocycles. The molecule has 0 unspecified atom stereocenters. The van der Waals surface area contributed by atoms with Crippen LogP contribution in [0.15, 0.2) is 24.3 Å². The molecule has 0 bridgehead atoms. The fourth-order valence-corrected chi connectivity index (χ4v) is 3.35. The smallest absolute Gasteiger partial charge is 0.239 e. The molecule has 28 heavy (non-hydrogen) atoms. The van der Waals surface area contributed by atoms with Gasteiger partial charge in [-0.15, -0.1) is 0 Å². The Bertz CT molecular complexity index is 683. The first kappa shape index (κ1) is 21.9. The van der Waals surface area contributed by atoms with E-state index < -0.39 is 0 Å². The van der Waals surface area contributed by atoms with E-state index in [-0.39, 0.29) is 41.9 Å². The Hall–Kier alpha value is -2.44. The molecule has 2 rings (SSSR count). The van der Waals surface area contributed by atoms with Crippen LogP contribution in [0.3, 0.4) is 0 Å². The summed E-state index contributed by atoms with van der Waals surface area (Å²) in [6.45, 7) is 7.52. The largest absolute Gasteiger partial charge is 0.350 e. The first-order valence-electron chi connectivity index (χ1n) is 9.90. The van der Waals surface area contributed by atoms with Crippen molar-refractivity contribution < 1.29 is 18.8 Å². The number of piperidine rings is 1. The molecule has 0 aliphatic carbocycles. The first-order valence-corrected chi connectivity index (χ1v) is 9.90. The molecular formula is C21H30FN3O3. The molecule has 0 saturated carbocycles. The maximum Gasteiger partial charge on any atom is 0.239 e. The highest BCUT2D eigenvalue weighted by Gasteiger charge is 2.31. The summed E-state index contributed by atoms with van der Waals surface area (Å²) in [6, 6.07) is 5.93. The lowest BCUT2D eigenvalue weighted by atomic mass is 9.94. The van der Waals surface area contributed by atoms with Crippen LogP contribution >= 0.6 is 0 Å². The number of nitrogens with one attached hydrogen (secondary N) is 1. The number of hydrogen-bond donors (Lipinski definition) is 1. The number of nitrogens with zero attached hydrogens (tertiary/aromatic N) is 2. The Morgan fingerprint density at radius 3 is 2.32 bits per heavy atom. The van der Waals surface area contributed by atoms with Gasteiger partial charge in [-0.25, -0.2) is 4.39 Å². The van der Waals surface area contributed by atoms with Crippen LogP contribution < -0.4 is 5.32 Å². The van der Waals surface area contributed by atoms with Gasteiger partial charge in [0.2, 0.25) is 17.7 Å². The Morgan fingerprint density at radius 2 is 1.79 bits per heavy atom. The van der Waals surface area contributed by atoms with E-state index >= 15 is 0 Å². The van der Waals surface area contributed by atoms with E-state index in [4.69, 9.17) is 0 Å². The number of halogens is 1. The molecule has 1 aliphatic heterocycles. The van der Waals surface area contributed by atoms with Crippen molar-refractivity contribution in [3.63, 3.8) is 0 Å². The third-order valence-electron chi connectivity index (χ3n) is 5.08. The minimum atomic E-state index is -0.320. The molecule has 154 valence electrons. The van der Waals surface area contributed by atoms with Gasteiger partial charge in [-0.1, -0.05) is 26.0 Å². The van der Waals surface area contributed by atoms with Gasteiger partial charge < -0.3 is 15.1 Å². The minimum absolute atomic E-state index is 0.00165. The second-order valence-electron chi connectivity index (χ2n) is 7.51. The summed E-state index contributed by atoms with van der Waals surface area (Å²) in [5.41, 5.74) is 0.798. The van der Waals surface area contributed by atoms with Crippen molar-refractivity contribution in [1.82, 2.24) is 15.1 Å². The molecule has 0 radical (unpaired) electrons. The zero-order chi connectivity index (χ0) is 20.7. The lowest BCUT2D eigenvalue weighted by molar-refractivity contribution is -0.143. The van der Waals surface area contributed by atoms with Gasteiger partial charge in [0.25, 0.3) is 0 Å². The van der Waals surface area contributed by atoms with Gasteiger partial charge >= 0.3 is 0 Å². The average Bonchev–Trinajstić information content (AvgIpc) is 2.70. The molecule has 1 saturated heterocycles. The molecule has 1 aromatic carbocycles. The van der Waals surface area contributed by atoms with Gasteiger partial charge in [-0.3, -0.25) is 14.4 Å². The van der Waals surface area contributed by atoms with E-state index in [0.717, 1.165) is 5.56 Å². The molecule has 1 aliphatic rings. The summed E-state index contributed by atoms with van der Waals surface area (Å²) in [6.07, 6.45) is 1.26. The van der Waals surface area contributed by atoms with E-state index in [1.807, 2.05) is 25.7 Å². The monoisotopic (exact) mass is 391 g/mol. The fraction of sp³-hybridized carbons (Fsp3) is 0.571. The van der Waals surface area contributed by atoms with E-state index in [2.05, 4.69) is 5.32 Å². The van der Waals surface area contributed by atoms with E-state index in [1.54, 1.807) is 17.0 Å². The van der Waals surface area contributed by atoms with Crippen LogP contribution in [0.5, 0.6) is 0 Å². The Labute approximate surface area is 166 Å².